The van der Waals surface area contributed by atoms with Crippen molar-refractivity contribution in [3.63, 3.8) is 0 Å². The standard InChI is InChI=1S/C21H20ClN3O6/c22-17-2-1-3-18(20(17)24-6-8-29-9-7-24)23-19(26)5-4-14-10-16(25(27)28)11-15-12-30-13-31-21(14)15/h1-5,10-11H,6-9,12-13H2,(H,23,26)/b5-4+. The third kappa shape index (κ3) is 4.79. The second-order valence-corrected chi connectivity index (χ2v) is 7.36. The number of nitro groups is 1. The highest BCUT2D eigenvalue weighted by Gasteiger charge is 2.21. The Morgan fingerprint density at radius 3 is 2.81 bits per heavy atom. The van der Waals surface area contributed by atoms with Crippen LogP contribution in [0.5, 0.6) is 5.75 Å². The monoisotopic (exact) mass is 445 g/mol. The van der Waals surface area contributed by atoms with Gasteiger partial charge in [0.25, 0.3) is 5.69 Å². The van der Waals surface area contributed by atoms with Gasteiger partial charge in [-0.15, -0.1) is 0 Å². The number of non-ortho nitro benzene ring substituents is 1. The summed E-state index contributed by atoms with van der Waals surface area (Å²) < 4.78 is 16.1. The first kappa shape index (κ1) is 21.1. The van der Waals surface area contributed by atoms with Crippen LogP contribution < -0.4 is 15.0 Å². The molecular formula is C21H20ClN3O6. The Balaban J connectivity index is 1.57. The summed E-state index contributed by atoms with van der Waals surface area (Å²) in [7, 11) is 0. The number of carbonyl (C=O) groups excluding carboxylic acids is 1. The van der Waals surface area contributed by atoms with Gasteiger partial charge in [0.2, 0.25) is 5.91 Å². The minimum atomic E-state index is -0.493. The molecule has 2 aliphatic heterocycles. The van der Waals surface area contributed by atoms with Gasteiger partial charge in [-0.1, -0.05) is 17.7 Å². The number of anilines is 2. The third-order valence-electron chi connectivity index (χ3n) is 4.92. The molecule has 0 spiro atoms. The largest absolute Gasteiger partial charge is 0.467 e. The molecule has 2 aromatic rings. The number of nitrogens with one attached hydrogen (secondary N) is 1. The predicted octanol–water partition coefficient (Wildman–Crippen LogP) is 3.60. The molecule has 1 N–H and O–H groups in total. The molecule has 2 heterocycles. The maximum absolute atomic E-state index is 12.6. The molecule has 31 heavy (non-hydrogen) atoms. The number of hydrogen-bond donors (Lipinski definition) is 1. The number of morpholine rings is 1. The number of nitrogens with zero attached hydrogens (tertiary/aromatic N) is 2. The normalized spacial score (nSPS) is 16.0. The molecule has 0 unspecified atom stereocenters. The molecule has 162 valence electrons. The molecule has 2 aromatic carbocycles. The minimum absolute atomic E-state index is 0.0449. The van der Waals surface area contributed by atoms with Crippen molar-refractivity contribution in [2.45, 2.75) is 6.61 Å². The molecule has 1 fully saturated rings. The summed E-state index contributed by atoms with van der Waals surface area (Å²) in [4.78, 5) is 25.4. The third-order valence-corrected chi connectivity index (χ3v) is 5.23. The molecule has 0 saturated carbocycles. The highest BCUT2D eigenvalue weighted by Crippen LogP contribution is 2.35. The summed E-state index contributed by atoms with van der Waals surface area (Å²) in [5.74, 6) is 0.0711. The van der Waals surface area contributed by atoms with Crippen LogP contribution in [0.2, 0.25) is 5.02 Å². The average Bonchev–Trinajstić information content (AvgIpc) is 2.78. The molecular weight excluding hydrogens is 426 g/mol. The van der Waals surface area contributed by atoms with E-state index in [1.54, 1.807) is 18.2 Å². The highest BCUT2D eigenvalue weighted by molar-refractivity contribution is 6.34. The van der Waals surface area contributed by atoms with E-state index < -0.39 is 10.8 Å². The first-order valence-electron chi connectivity index (χ1n) is 9.65. The van der Waals surface area contributed by atoms with Gasteiger partial charge in [0.05, 0.1) is 41.1 Å². The summed E-state index contributed by atoms with van der Waals surface area (Å²) in [6, 6.07) is 8.08. The molecule has 0 aliphatic carbocycles. The van der Waals surface area contributed by atoms with Crippen LogP contribution in [-0.4, -0.2) is 43.9 Å². The van der Waals surface area contributed by atoms with E-state index in [2.05, 4.69) is 10.2 Å². The number of hydrogen-bond acceptors (Lipinski definition) is 7. The molecule has 2 aliphatic rings. The smallest absolute Gasteiger partial charge is 0.270 e. The van der Waals surface area contributed by atoms with Crippen LogP contribution in [-0.2, 0) is 20.9 Å². The zero-order valence-electron chi connectivity index (χ0n) is 16.5. The lowest BCUT2D eigenvalue weighted by Gasteiger charge is -2.31. The Morgan fingerprint density at radius 2 is 2.03 bits per heavy atom. The Hall–Kier alpha value is -3.14. The molecule has 1 amide bonds. The first-order chi connectivity index (χ1) is 15.0. The number of rotatable bonds is 5. The van der Waals surface area contributed by atoms with Crippen molar-refractivity contribution in [2.24, 2.45) is 0 Å². The van der Waals surface area contributed by atoms with E-state index >= 15 is 0 Å². The van der Waals surface area contributed by atoms with E-state index in [-0.39, 0.29) is 19.1 Å². The molecule has 1 saturated heterocycles. The lowest BCUT2D eigenvalue weighted by Crippen LogP contribution is -2.37. The van der Waals surface area contributed by atoms with Crippen molar-refractivity contribution in [1.82, 2.24) is 0 Å². The quantitative estimate of drug-likeness (QED) is 0.426. The van der Waals surface area contributed by atoms with Gasteiger partial charge in [-0.2, -0.15) is 0 Å². The number of amides is 1. The fraction of sp³-hybridized carbons (Fsp3) is 0.286. The number of halogens is 1. The van der Waals surface area contributed by atoms with Crippen LogP contribution in [0.15, 0.2) is 36.4 Å². The number of fused-ring (bicyclic) bond motifs is 1. The zero-order valence-corrected chi connectivity index (χ0v) is 17.3. The van der Waals surface area contributed by atoms with E-state index in [1.807, 2.05) is 0 Å². The number of ether oxygens (including phenoxy) is 3. The van der Waals surface area contributed by atoms with Gasteiger partial charge in [0, 0.05) is 42.4 Å². The molecule has 4 rings (SSSR count). The van der Waals surface area contributed by atoms with Crippen LogP contribution in [0.1, 0.15) is 11.1 Å². The SMILES string of the molecule is O=C(/C=C/c1cc([N+](=O)[O-])cc2c1OCOC2)Nc1cccc(Cl)c1N1CCOCC1. The number of nitro benzene ring substituents is 1. The summed E-state index contributed by atoms with van der Waals surface area (Å²) in [5, 5.41) is 14.6. The van der Waals surface area contributed by atoms with Crippen molar-refractivity contribution in [3.8, 4) is 5.75 Å². The van der Waals surface area contributed by atoms with Gasteiger partial charge in [-0.3, -0.25) is 14.9 Å². The van der Waals surface area contributed by atoms with Crippen LogP contribution >= 0.6 is 11.6 Å². The number of benzene rings is 2. The van der Waals surface area contributed by atoms with Crippen LogP contribution in [0.4, 0.5) is 17.1 Å². The molecule has 0 atom stereocenters. The second kappa shape index (κ2) is 9.34. The molecule has 0 bridgehead atoms. The Labute approximate surface area is 183 Å². The van der Waals surface area contributed by atoms with Crippen molar-refractivity contribution >= 4 is 40.6 Å². The summed E-state index contributed by atoms with van der Waals surface area (Å²) in [5.41, 5.74) is 2.21. The van der Waals surface area contributed by atoms with E-state index in [9.17, 15) is 14.9 Å². The van der Waals surface area contributed by atoms with Gasteiger partial charge in [-0.05, 0) is 18.2 Å². The first-order valence-corrected chi connectivity index (χ1v) is 10.0. The summed E-state index contributed by atoms with van der Waals surface area (Å²) in [6.07, 6.45) is 2.80. The van der Waals surface area contributed by atoms with Crippen molar-refractivity contribution in [3.05, 3.63) is 62.7 Å². The van der Waals surface area contributed by atoms with Crippen molar-refractivity contribution in [2.75, 3.05) is 43.3 Å². The zero-order chi connectivity index (χ0) is 21.8. The topological polar surface area (TPSA) is 103 Å². The van der Waals surface area contributed by atoms with Crippen molar-refractivity contribution in [1.29, 1.82) is 0 Å². The van der Waals surface area contributed by atoms with E-state index in [0.29, 0.717) is 53.9 Å². The predicted molar refractivity (Wildman–Crippen MR) is 116 cm³/mol. The van der Waals surface area contributed by atoms with E-state index in [1.165, 1.54) is 24.3 Å². The lowest BCUT2D eigenvalue weighted by atomic mass is 10.1. The van der Waals surface area contributed by atoms with Gasteiger partial charge in [-0.25, -0.2) is 0 Å². The maximum atomic E-state index is 12.6. The van der Waals surface area contributed by atoms with Gasteiger partial charge in [0.15, 0.2) is 6.79 Å². The fourth-order valence-electron chi connectivity index (χ4n) is 3.53. The summed E-state index contributed by atoms with van der Waals surface area (Å²) >= 11 is 6.40. The lowest BCUT2D eigenvalue weighted by molar-refractivity contribution is -0.385. The molecule has 10 heteroatoms. The molecule has 0 aromatic heterocycles. The van der Waals surface area contributed by atoms with Gasteiger partial charge >= 0.3 is 0 Å². The van der Waals surface area contributed by atoms with Crippen LogP contribution in [0.25, 0.3) is 6.08 Å². The number of para-hydroxylation sites is 1. The van der Waals surface area contributed by atoms with Gasteiger partial charge < -0.3 is 24.4 Å². The Kier molecular flexibility index (Phi) is 6.36. The fourth-order valence-corrected chi connectivity index (χ4v) is 3.82. The second-order valence-electron chi connectivity index (χ2n) is 6.95. The molecule has 9 nitrogen and oxygen atoms in total. The van der Waals surface area contributed by atoms with E-state index in [0.717, 1.165) is 5.69 Å². The highest BCUT2D eigenvalue weighted by atomic mass is 35.5. The van der Waals surface area contributed by atoms with Crippen LogP contribution in [0, 0.1) is 10.1 Å². The summed E-state index contributed by atoms with van der Waals surface area (Å²) in [6.45, 7) is 2.75. The van der Waals surface area contributed by atoms with Crippen molar-refractivity contribution < 1.29 is 23.9 Å². The van der Waals surface area contributed by atoms with E-state index in [4.69, 9.17) is 25.8 Å². The van der Waals surface area contributed by atoms with Gasteiger partial charge in [0.1, 0.15) is 5.75 Å². The Bertz CT molecular complexity index is 1040. The Morgan fingerprint density at radius 1 is 1.23 bits per heavy atom. The molecule has 0 radical (unpaired) electrons. The minimum Gasteiger partial charge on any atom is -0.467 e. The maximum Gasteiger partial charge on any atom is 0.270 e. The average molecular weight is 446 g/mol. The van der Waals surface area contributed by atoms with Crippen LogP contribution in [0.3, 0.4) is 0 Å². The number of carbonyl (C=O) groups is 1.